The smallest absolute Gasteiger partial charge is 0.0600 e. The summed E-state index contributed by atoms with van der Waals surface area (Å²) in [5.41, 5.74) is 5.41. The molecule has 1 N–H and O–H groups in total. The molecule has 4 nitrogen and oxygen atoms in total. The minimum Gasteiger partial charge on any atom is -0.381 e. The second-order valence-electron chi connectivity index (χ2n) is 6.34. The van der Waals surface area contributed by atoms with E-state index in [0.717, 1.165) is 52.2 Å². The molecule has 2 aliphatic heterocycles. The van der Waals surface area contributed by atoms with E-state index >= 15 is 0 Å². The zero-order valence-electron chi connectivity index (χ0n) is 13.2. The summed E-state index contributed by atoms with van der Waals surface area (Å²) in [4.78, 5) is 5.03. The molecule has 0 aromatic carbocycles. The predicted octanol–water partition coefficient (Wildman–Crippen LogP) is 1.77. The lowest BCUT2D eigenvalue weighted by atomic mass is 9.77. The van der Waals surface area contributed by atoms with Crippen LogP contribution in [0.4, 0.5) is 0 Å². The molecule has 0 radical (unpaired) electrons. The van der Waals surface area contributed by atoms with E-state index in [1.807, 2.05) is 7.05 Å². The zero-order chi connectivity index (χ0) is 14.7. The van der Waals surface area contributed by atoms with Crippen LogP contribution in [-0.2, 0) is 27.7 Å². The molecule has 2 aliphatic rings. The highest BCUT2D eigenvalue weighted by atomic mass is 16.5. The Kier molecular flexibility index (Phi) is 4.57. The van der Waals surface area contributed by atoms with E-state index in [1.54, 1.807) is 0 Å². The molecular weight excluding hydrogens is 264 g/mol. The molecule has 0 amide bonds. The Bertz CT molecular complexity index is 498. The molecule has 1 aromatic rings. The van der Waals surface area contributed by atoms with Gasteiger partial charge < -0.3 is 14.8 Å². The molecule has 0 bridgehead atoms. The molecule has 0 spiro atoms. The SMILES string of the molecule is CNCCCC1(c2cc(C)c3c(n2)CCOCC3)COC1. The van der Waals surface area contributed by atoms with Crippen molar-refractivity contribution < 1.29 is 9.47 Å². The van der Waals surface area contributed by atoms with Gasteiger partial charge in [0.25, 0.3) is 0 Å². The first-order valence-corrected chi connectivity index (χ1v) is 8.05. The van der Waals surface area contributed by atoms with Gasteiger partial charge >= 0.3 is 0 Å². The molecule has 21 heavy (non-hydrogen) atoms. The van der Waals surface area contributed by atoms with Crippen molar-refractivity contribution in [3.05, 3.63) is 28.6 Å². The summed E-state index contributed by atoms with van der Waals surface area (Å²) in [6.07, 6.45) is 4.26. The minimum absolute atomic E-state index is 0.143. The van der Waals surface area contributed by atoms with Crippen molar-refractivity contribution in [3.8, 4) is 0 Å². The van der Waals surface area contributed by atoms with Gasteiger partial charge in [-0.05, 0) is 57.0 Å². The van der Waals surface area contributed by atoms with E-state index in [9.17, 15) is 0 Å². The molecule has 3 heterocycles. The van der Waals surface area contributed by atoms with Crippen LogP contribution in [0, 0.1) is 6.92 Å². The number of rotatable bonds is 5. The molecule has 3 rings (SSSR count). The Morgan fingerprint density at radius 2 is 2.05 bits per heavy atom. The number of fused-ring (bicyclic) bond motifs is 1. The lowest BCUT2D eigenvalue weighted by Gasteiger charge is -2.41. The fourth-order valence-electron chi connectivity index (χ4n) is 3.40. The van der Waals surface area contributed by atoms with Crippen molar-refractivity contribution in [2.45, 2.75) is 38.0 Å². The van der Waals surface area contributed by atoms with Gasteiger partial charge in [0.1, 0.15) is 0 Å². The molecule has 0 saturated carbocycles. The summed E-state index contributed by atoms with van der Waals surface area (Å²) in [5, 5.41) is 3.23. The van der Waals surface area contributed by atoms with Crippen LogP contribution in [0.5, 0.6) is 0 Å². The molecule has 1 aromatic heterocycles. The standard InChI is InChI=1S/C17H26N2O2/c1-13-10-16(17(11-21-12-17)6-3-7-18-2)19-15-5-9-20-8-4-14(13)15/h10,18H,3-9,11-12H2,1-2H3. The number of nitrogens with one attached hydrogen (secondary N) is 1. The first kappa shape index (κ1) is 14.9. The average Bonchev–Trinajstić information content (AvgIpc) is 2.67. The van der Waals surface area contributed by atoms with Crippen molar-refractivity contribution in [2.24, 2.45) is 0 Å². The highest BCUT2D eigenvalue weighted by molar-refractivity contribution is 5.36. The molecule has 4 heteroatoms. The van der Waals surface area contributed by atoms with E-state index in [2.05, 4.69) is 18.3 Å². The zero-order valence-corrected chi connectivity index (χ0v) is 13.2. The number of hydrogen-bond donors (Lipinski definition) is 1. The topological polar surface area (TPSA) is 43.4 Å². The van der Waals surface area contributed by atoms with Gasteiger partial charge in [-0.15, -0.1) is 0 Å². The number of hydrogen-bond acceptors (Lipinski definition) is 4. The van der Waals surface area contributed by atoms with Crippen molar-refractivity contribution in [1.82, 2.24) is 10.3 Å². The molecule has 116 valence electrons. The van der Waals surface area contributed by atoms with Gasteiger partial charge in [-0.25, -0.2) is 0 Å². The third-order valence-electron chi connectivity index (χ3n) is 4.79. The minimum atomic E-state index is 0.143. The number of ether oxygens (including phenoxy) is 2. The maximum Gasteiger partial charge on any atom is 0.0600 e. The highest BCUT2D eigenvalue weighted by Crippen LogP contribution is 2.37. The van der Waals surface area contributed by atoms with Gasteiger partial charge in [0.05, 0.1) is 37.5 Å². The van der Waals surface area contributed by atoms with E-state index in [0.29, 0.717) is 0 Å². The molecule has 0 unspecified atom stereocenters. The highest BCUT2D eigenvalue weighted by Gasteiger charge is 2.41. The summed E-state index contributed by atoms with van der Waals surface area (Å²) in [7, 11) is 2.01. The van der Waals surface area contributed by atoms with Crippen molar-refractivity contribution >= 4 is 0 Å². The second-order valence-corrected chi connectivity index (χ2v) is 6.34. The maximum atomic E-state index is 5.60. The van der Waals surface area contributed by atoms with Crippen LogP contribution in [-0.4, -0.2) is 45.0 Å². The first-order valence-electron chi connectivity index (χ1n) is 8.05. The number of aromatic nitrogens is 1. The van der Waals surface area contributed by atoms with E-state index in [1.165, 1.54) is 28.9 Å². The van der Waals surface area contributed by atoms with Crippen molar-refractivity contribution in [3.63, 3.8) is 0 Å². The van der Waals surface area contributed by atoms with E-state index in [4.69, 9.17) is 14.5 Å². The number of aryl methyl sites for hydroxylation is 1. The lowest BCUT2D eigenvalue weighted by Crippen LogP contribution is -2.48. The molecule has 1 saturated heterocycles. The van der Waals surface area contributed by atoms with Gasteiger partial charge in [-0.3, -0.25) is 4.98 Å². The number of pyridine rings is 1. The summed E-state index contributed by atoms with van der Waals surface area (Å²) < 4.78 is 11.2. The van der Waals surface area contributed by atoms with Crippen LogP contribution in [0.15, 0.2) is 6.07 Å². The fraction of sp³-hybridized carbons (Fsp3) is 0.706. The third-order valence-corrected chi connectivity index (χ3v) is 4.79. The average molecular weight is 290 g/mol. The Hall–Kier alpha value is -0.970. The second kappa shape index (κ2) is 6.42. The largest absolute Gasteiger partial charge is 0.381 e. The summed E-state index contributed by atoms with van der Waals surface area (Å²) in [6.45, 7) is 6.53. The van der Waals surface area contributed by atoms with Crippen LogP contribution in [0.25, 0.3) is 0 Å². The molecule has 0 atom stereocenters. The Morgan fingerprint density at radius 1 is 1.24 bits per heavy atom. The van der Waals surface area contributed by atoms with Crippen LogP contribution >= 0.6 is 0 Å². The predicted molar refractivity (Wildman–Crippen MR) is 82.9 cm³/mol. The van der Waals surface area contributed by atoms with Gasteiger partial charge in [0, 0.05) is 12.1 Å². The summed E-state index contributed by atoms with van der Waals surface area (Å²) in [5.74, 6) is 0. The lowest BCUT2D eigenvalue weighted by molar-refractivity contribution is -0.0673. The Balaban J connectivity index is 1.87. The van der Waals surface area contributed by atoms with Crippen LogP contribution < -0.4 is 5.32 Å². The van der Waals surface area contributed by atoms with Gasteiger partial charge in [0.2, 0.25) is 0 Å². The summed E-state index contributed by atoms with van der Waals surface area (Å²) >= 11 is 0. The van der Waals surface area contributed by atoms with Gasteiger partial charge in [-0.2, -0.15) is 0 Å². The first-order chi connectivity index (χ1) is 10.2. The quantitative estimate of drug-likeness (QED) is 0.840. The molecule has 0 aliphatic carbocycles. The summed E-state index contributed by atoms with van der Waals surface area (Å²) in [6, 6.07) is 2.30. The normalized spacial score (nSPS) is 20.5. The van der Waals surface area contributed by atoms with Crippen LogP contribution in [0.2, 0.25) is 0 Å². The monoisotopic (exact) mass is 290 g/mol. The van der Waals surface area contributed by atoms with E-state index in [-0.39, 0.29) is 5.41 Å². The molecule has 1 fully saturated rings. The Morgan fingerprint density at radius 3 is 2.76 bits per heavy atom. The van der Waals surface area contributed by atoms with Crippen molar-refractivity contribution in [1.29, 1.82) is 0 Å². The number of nitrogens with zero attached hydrogens (tertiary/aromatic N) is 1. The molecular formula is C17H26N2O2. The maximum absolute atomic E-state index is 5.60. The Labute approximate surface area is 127 Å². The van der Waals surface area contributed by atoms with Crippen molar-refractivity contribution in [2.75, 3.05) is 40.0 Å². The van der Waals surface area contributed by atoms with E-state index < -0.39 is 0 Å². The third kappa shape index (κ3) is 2.98. The van der Waals surface area contributed by atoms with Crippen LogP contribution in [0.1, 0.15) is 35.4 Å². The van der Waals surface area contributed by atoms with Gasteiger partial charge in [0.15, 0.2) is 0 Å². The fourth-order valence-corrected chi connectivity index (χ4v) is 3.40. The van der Waals surface area contributed by atoms with Crippen LogP contribution in [0.3, 0.4) is 0 Å². The van der Waals surface area contributed by atoms with Gasteiger partial charge in [-0.1, -0.05) is 0 Å².